The van der Waals surface area contributed by atoms with E-state index < -0.39 is 5.91 Å². The number of nitrogens with zero attached hydrogens (tertiary/aromatic N) is 3. The van der Waals surface area contributed by atoms with Crippen LogP contribution in [0.3, 0.4) is 0 Å². The maximum atomic E-state index is 11.1. The van der Waals surface area contributed by atoms with Crippen LogP contribution in [0.4, 0.5) is 0 Å². The van der Waals surface area contributed by atoms with Crippen LogP contribution in [0.1, 0.15) is 5.56 Å². The largest absolute Gasteiger partial charge is 0.495 e. The molecule has 1 aromatic heterocycles. The van der Waals surface area contributed by atoms with E-state index in [-0.39, 0.29) is 21.4 Å². The predicted molar refractivity (Wildman–Crippen MR) is 100 cm³/mol. The first kappa shape index (κ1) is 19.7. The van der Waals surface area contributed by atoms with Crippen LogP contribution in [0.5, 0.6) is 5.75 Å². The number of carbonyl (C=O) groups is 1. The van der Waals surface area contributed by atoms with Gasteiger partial charge in [0.2, 0.25) is 5.91 Å². The number of primary amides is 1. The van der Waals surface area contributed by atoms with Gasteiger partial charge in [0.05, 0.1) is 23.6 Å². The highest BCUT2D eigenvalue weighted by Crippen LogP contribution is 2.38. The maximum absolute atomic E-state index is 11.1. The average Bonchev–Trinajstić information content (AvgIpc) is 2.61. The maximum Gasteiger partial charge on any atom is 0.227 e. The van der Waals surface area contributed by atoms with Crippen LogP contribution in [0.25, 0.3) is 11.3 Å². The molecule has 0 bridgehead atoms. The van der Waals surface area contributed by atoms with E-state index in [9.17, 15) is 10.1 Å². The van der Waals surface area contributed by atoms with Crippen molar-refractivity contribution >= 4 is 52.6 Å². The molecule has 0 aliphatic rings. The zero-order chi connectivity index (χ0) is 18.6. The third-order valence-electron chi connectivity index (χ3n) is 2.99. The van der Waals surface area contributed by atoms with Crippen LogP contribution < -0.4 is 10.5 Å². The smallest absolute Gasteiger partial charge is 0.227 e. The standard InChI is InChI=1S/C15H12Cl2N4O2S2/c1-23-10-4-7(3-9(16)12(10)17)13-8(5-18)14(25-6-11(19)22)21-15(20-13)24-2/h3-4H,6H2,1-2H3,(H2,19,22). The zero-order valence-electron chi connectivity index (χ0n) is 13.2. The average molecular weight is 415 g/mol. The molecule has 25 heavy (non-hydrogen) atoms. The molecule has 130 valence electrons. The summed E-state index contributed by atoms with van der Waals surface area (Å²) in [5.74, 6) is -0.136. The fraction of sp³-hybridized carbons (Fsp3) is 0.200. The molecular weight excluding hydrogens is 403 g/mol. The van der Waals surface area contributed by atoms with Gasteiger partial charge in [0.1, 0.15) is 27.4 Å². The van der Waals surface area contributed by atoms with Crippen molar-refractivity contribution in [3.05, 3.63) is 27.7 Å². The first-order valence-corrected chi connectivity index (χ1v) is 9.68. The summed E-state index contributed by atoms with van der Waals surface area (Å²) in [5.41, 5.74) is 6.35. The van der Waals surface area contributed by atoms with Crippen molar-refractivity contribution in [2.24, 2.45) is 5.73 Å². The van der Waals surface area contributed by atoms with Crippen LogP contribution in [-0.4, -0.2) is 35.0 Å². The highest BCUT2D eigenvalue weighted by atomic mass is 35.5. The number of rotatable bonds is 6. The van der Waals surface area contributed by atoms with Gasteiger partial charge in [-0.15, -0.1) is 0 Å². The molecule has 0 fully saturated rings. The molecule has 1 amide bonds. The number of ether oxygens (including phenoxy) is 1. The van der Waals surface area contributed by atoms with Gasteiger partial charge in [-0.05, 0) is 18.4 Å². The van der Waals surface area contributed by atoms with Gasteiger partial charge < -0.3 is 10.5 Å². The molecule has 0 unspecified atom stereocenters. The van der Waals surface area contributed by atoms with E-state index in [1.54, 1.807) is 12.1 Å². The van der Waals surface area contributed by atoms with Crippen molar-refractivity contribution in [3.63, 3.8) is 0 Å². The highest BCUT2D eigenvalue weighted by Gasteiger charge is 2.19. The summed E-state index contributed by atoms with van der Waals surface area (Å²) in [6, 6.07) is 5.33. The molecule has 2 aromatic rings. The summed E-state index contributed by atoms with van der Waals surface area (Å²) < 4.78 is 5.21. The fourth-order valence-corrected chi connectivity index (χ4v) is 3.45. The minimum absolute atomic E-state index is 0.00362. The normalized spacial score (nSPS) is 10.4. The van der Waals surface area contributed by atoms with E-state index in [4.69, 9.17) is 33.7 Å². The van der Waals surface area contributed by atoms with E-state index in [1.807, 2.05) is 6.26 Å². The number of methoxy groups -OCH3 is 1. The summed E-state index contributed by atoms with van der Waals surface area (Å²) in [6.45, 7) is 0. The van der Waals surface area contributed by atoms with Crippen molar-refractivity contribution in [2.45, 2.75) is 10.2 Å². The Balaban J connectivity index is 2.68. The summed E-state index contributed by atoms with van der Waals surface area (Å²) in [4.78, 5) is 19.8. The van der Waals surface area contributed by atoms with Crippen molar-refractivity contribution in [1.82, 2.24) is 9.97 Å². The number of amides is 1. The van der Waals surface area contributed by atoms with E-state index in [2.05, 4.69) is 16.0 Å². The van der Waals surface area contributed by atoms with Crippen molar-refractivity contribution < 1.29 is 9.53 Å². The second kappa shape index (κ2) is 8.63. The molecule has 1 heterocycles. The molecule has 1 aromatic carbocycles. The molecule has 2 N–H and O–H groups in total. The number of carbonyl (C=O) groups excluding carboxylic acids is 1. The minimum atomic E-state index is -0.504. The second-order valence-electron chi connectivity index (χ2n) is 4.58. The van der Waals surface area contributed by atoms with E-state index in [1.165, 1.54) is 18.9 Å². The number of hydrogen-bond donors (Lipinski definition) is 1. The lowest BCUT2D eigenvalue weighted by Gasteiger charge is -2.12. The van der Waals surface area contributed by atoms with Gasteiger partial charge in [0.25, 0.3) is 0 Å². The predicted octanol–water partition coefficient (Wildman–Crippen LogP) is 3.63. The molecule has 10 heteroatoms. The van der Waals surface area contributed by atoms with Gasteiger partial charge in [-0.1, -0.05) is 46.7 Å². The molecule has 0 atom stereocenters. The molecule has 0 saturated heterocycles. The van der Waals surface area contributed by atoms with Crippen molar-refractivity contribution in [1.29, 1.82) is 5.26 Å². The van der Waals surface area contributed by atoms with Crippen molar-refractivity contribution in [3.8, 4) is 23.1 Å². The Hall–Kier alpha value is -1.66. The van der Waals surface area contributed by atoms with Crippen LogP contribution >= 0.6 is 46.7 Å². The lowest BCUT2D eigenvalue weighted by Crippen LogP contribution is -2.13. The lowest BCUT2D eigenvalue weighted by atomic mass is 10.1. The van der Waals surface area contributed by atoms with Crippen LogP contribution in [-0.2, 0) is 4.79 Å². The Labute approximate surface area is 163 Å². The SMILES string of the molecule is COc1cc(-c2nc(SC)nc(SCC(N)=O)c2C#N)cc(Cl)c1Cl. The van der Waals surface area contributed by atoms with E-state index in [0.717, 1.165) is 11.8 Å². The Kier molecular flexibility index (Phi) is 6.79. The van der Waals surface area contributed by atoms with Crippen LogP contribution in [0.15, 0.2) is 22.3 Å². The Morgan fingerprint density at radius 3 is 2.68 bits per heavy atom. The molecular formula is C15H12Cl2N4O2S2. The van der Waals surface area contributed by atoms with Crippen molar-refractivity contribution in [2.75, 3.05) is 19.1 Å². The van der Waals surface area contributed by atoms with Gasteiger partial charge >= 0.3 is 0 Å². The van der Waals surface area contributed by atoms with Gasteiger partial charge in [-0.3, -0.25) is 4.79 Å². The topological polar surface area (TPSA) is 102 Å². The van der Waals surface area contributed by atoms with Gasteiger partial charge in [0, 0.05) is 5.56 Å². The fourth-order valence-electron chi connectivity index (χ4n) is 1.91. The molecule has 0 aliphatic heterocycles. The number of halogens is 2. The summed E-state index contributed by atoms with van der Waals surface area (Å²) in [7, 11) is 1.47. The molecule has 2 rings (SSSR count). The van der Waals surface area contributed by atoms with Gasteiger partial charge in [0.15, 0.2) is 5.16 Å². The first-order chi connectivity index (χ1) is 11.9. The number of hydrogen-bond acceptors (Lipinski definition) is 7. The third-order valence-corrected chi connectivity index (χ3v) is 5.32. The number of nitrogens with two attached hydrogens (primary N) is 1. The van der Waals surface area contributed by atoms with Gasteiger partial charge in [-0.2, -0.15) is 5.26 Å². The molecule has 0 spiro atoms. The summed E-state index contributed by atoms with van der Waals surface area (Å²) >= 11 is 14.6. The third kappa shape index (κ3) is 4.50. The number of aromatic nitrogens is 2. The Bertz CT molecular complexity index is 872. The monoisotopic (exact) mass is 414 g/mol. The quantitative estimate of drug-likeness (QED) is 0.437. The zero-order valence-corrected chi connectivity index (χ0v) is 16.3. The second-order valence-corrected chi connectivity index (χ2v) is 7.10. The number of thioether (sulfide) groups is 2. The van der Waals surface area contributed by atoms with E-state index in [0.29, 0.717) is 27.2 Å². The Morgan fingerprint density at radius 2 is 2.12 bits per heavy atom. The molecule has 0 radical (unpaired) electrons. The molecule has 6 nitrogen and oxygen atoms in total. The van der Waals surface area contributed by atoms with Crippen LogP contribution in [0.2, 0.25) is 10.0 Å². The minimum Gasteiger partial charge on any atom is -0.495 e. The lowest BCUT2D eigenvalue weighted by molar-refractivity contribution is -0.115. The number of nitriles is 1. The summed E-state index contributed by atoms with van der Waals surface area (Å²) in [6.07, 6.45) is 1.81. The first-order valence-electron chi connectivity index (χ1n) is 6.71. The highest BCUT2D eigenvalue weighted by molar-refractivity contribution is 8.00. The summed E-state index contributed by atoms with van der Waals surface area (Å²) in [5, 5.41) is 11.0. The number of benzene rings is 1. The van der Waals surface area contributed by atoms with Gasteiger partial charge in [-0.25, -0.2) is 9.97 Å². The van der Waals surface area contributed by atoms with Crippen LogP contribution in [0, 0.1) is 11.3 Å². The molecule has 0 aliphatic carbocycles. The Morgan fingerprint density at radius 1 is 1.40 bits per heavy atom. The van der Waals surface area contributed by atoms with E-state index >= 15 is 0 Å². The molecule has 0 saturated carbocycles.